The van der Waals surface area contributed by atoms with Gasteiger partial charge in [-0.15, -0.1) is 10.2 Å². The minimum atomic E-state index is -3.85. The van der Waals surface area contributed by atoms with E-state index in [9.17, 15) is 8.42 Å². The van der Waals surface area contributed by atoms with E-state index in [1.165, 1.54) is 18.5 Å². The highest BCUT2D eigenvalue weighted by atomic mass is 35.5. The molecular formula is C11H14ClN5O2S. The SMILES string of the molecule is CC(NS(=O)(=O)c1c(N)cccc1Cl)c1nncn1C. The van der Waals surface area contributed by atoms with Crippen LogP contribution >= 0.6 is 11.6 Å². The Labute approximate surface area is 121 Å². The maximum absolute atomic E-state index is 12.4. The van der Waals surface area contributed by atoms with Crippen molar-refractivity contribution in [2.45, 2.75) is 17.9 Å². The molecule has 3 N–H and O–H groups in total. The molecule has 0 aliphatic heterocycles. The van der Waals surface area contributed by atoms with Crippen LogP contribution in [0, 0.1) is 0 Å². The molecule has 0 amide bonds. The van der Waals surface area contributed by atoms with Gasteiger partial charge in [-0.25, -0.2) is 13.1 Å². The molecule has 0 fully saturated rings. The number of nitrogens with zero attached hydrogens (tertiary/aromatic N) is 3. The van der Waals surface area contributed by atoms with Gasteiger partial charge in [-0.1, -0.05) is 17.7 Å². The third-order valence-corrected chi connectivity index (χ3v) is 4.82. The zero-order valence-electron chi connectivity index (χ0n) is 10.9. The average molecular weight is 316 g/mol. The Kier molecular flexibility index (Phi) is 3.98. The van der Waals surface area contributed by atoms with Crippen molar-refractivity contribution in [1.82, 2.24) is 19.5 Å². The van der Waals surface area contributed by atoms with E-state index in [1.54, 1.807) is 24.6 Å². The molecule has 0 radical (unpaired) electrons. The lowest BCUT2D eigenvalue weighted by Gasteiger charge is -2.15. The quantitative estimate of drug-likeness (QED) is 0.822. The first-order valence-corrected chi connectivity index (χ1v) is 7.59. The van der Waals surface area contributed by atoms with E-state index in [4.69, 9.17) is 17.3 Å². The maximum Gasteiger partial charge on any atom is 0.244 e. The van der Waals surface area contributed by atoms with Crippen LogP contribution in [0.1, 0.15) is 18.8 Å². The van der Waals surface area contributed by atoms with Gasteiger partial charge in [-0.2, -0.15) is 0 Å². The normalized spacial score (nSPS) is 13.3. The van der Waals surface area contributed by atoms with Crippen LogP contribution in [0.5, 0.6) is 0 Å². The molecule has 20 heavy (non-hydrogen) atoms. The second-order valence-corrected chi connectivity index (χ2v) is 6.36. The van der Waals surface area contributed by atoms with E-state index < -0.39 is 16.1 Å². The molecular weight excluding hydrogens is 302 g/mol. The lowest BCUT2D eigenvalue weighted by Crippen LogP contribution is -2.29. The fourth-order valence-corrected chi connectivity index (χ4v) is 3.72. The summed E-state index contributed by atoms with van der Waals surface area (Å²) in [6, 6.07) is 3.97. The molecule has 0 aliphatic rings. The summed E-state index contributed by atoms with van der Waals surface area (Å²) in [5.74, 6) is 0.485. The van der Waals surface area contributed by atoms with Gasteiger partial charge in [0.2, 0.25) is 10.0 Å². The van der Waals surface area contributed by atoms with E-state index in [2.05, 4.69) is 14.9 Å². The summed E-state index contributed by atoms with van der Waals surface area (Å²) >= 11 is 5.92. The van der Waals surface area contributed by atoms with Crippen LogP contribution in [-0.4, -0.2) is 23.2 Å². The first-order valence-electron chi connectivity index (χ1n) is 5.73. The van der Waals surface area contributed by atoms with Crippen molar-refractivity contribution in [3.8, 4) is 0 Å². The molecule has 108 valence electrons. The molecule has 2 aromatic rings. The number of aryl methyl sites for hydroxylation is 1. The Morgan fingerprint density at radius 2 is 2.15 bits per heavy atom. The fraction of sp³-hybridized carbons (Fsp3) is 0.273. The first kappa shape index (κ1) is 14.8. The van der Waals surface area contributed by atoms with Gasteiger partial charge in [0.15, 0.2) is 0 Å². The highest BCUT2D eigenvalue weighted by Crippen LogP contribution is 2.28. The van der Waals surface area contributed by atoms with Crippen molar-refractivity contribution < 1.29 is 8.42 Å². The van der Waals surface area contributed by atoms with Crippen LogP contribution in [0.2, 0.25) is 5.02 Å². The van der Waals surface area contributed by atoms with Gasteiger partial charge in [0.05, 0.1) is 16.8 Å². The van der Waals surface area contributed by atoms with Crippen molar-refractivity contribution >= 4 is 27.3 Å². The number of nitrogens with two attached hydrogens (primary N) is 1. The summed E-state index contributed by atoms with van der Waals surface area (Å²) in [4.78, 5) is -0.129. The van der Waals surface area contributed by atoms with Crippen molar-refractivity contribution in [2.24, 2.45) is 7.05 Å². The number of anilines is 1. The van der Waals surface area contributed by atoms with Gasteiger partial charge in [0.1, 0.15) is 17.0 Å². The lowest BCUT2D eigenvalue weighted by molar-refractivity contribution is 0.553. The Balaban J connectivity index is 2.35. The van der Waals surface area contributed by atoms with Gasteiger partial charge in [-0.3, -0.25) is 0 Å². The van der Waals surface area contributed by atoms with Gasteiger partial charge in [0, 0.05) is 7.05 Å². The molecule has 1 heterocycles. The van der Waals surface area contributed by atoms with Crippen molar-refractivity contribution in [1.29, 1.82) is 0 Å². The van der Waals surface area contributed by atoms with E-state index in [1.807, 2.05) is 0 Å². The molecule has 0 saturated carbocycles. The second-order valence-electron chi connectivity index (χ2n) is 4.30. The van der Waals surface area contributed by atoms with E-state index in [-0.39, 0.29) is 15.6 Å². The first-order chi connectivity index (χ1) is 9.33. The minimum absolute atomic E-state index is 0.0719. The number of halogens is 1. The fourth-order valence-electron chi connectivity index (χ4n) is 1.84. The molecule has 7 nitrogen and oxygen atoms in total. The molecule has 1 aromatic heterocycles. The molecule has 2 rings (SSSR count). The minimum Gasteiger partial charge on any atom is -0.398 e. The Morgan fingerprint density at radius 3 is 2.70 bits per heavy atom. The molecule has 0 aliphatic carbocycles. The zero-order chi connectivity index (χ0) is 14.9. The maximum atomic E-state index is 12.4. The molecule has 9 heteroatoms. The number of hydrogen-bond acceptors (Lipinski definition) is 5. The van der Waals surface area contributed by atoms with Gasteiger partial charge in [0.25, 0.3) is 0 Å². The highest BCUT2D eigenvalue weighted by molar-refractivity contribution is 7.89. The monoisotopic (exact) mass is 315 g/mol. The number of benzene rings is 1. The van der Waals surface area contributed by atoms with Gasteiger partial charge >= 0.3 is 0 Å². The van der Waals surface area contributed by atoms with Crippen LogP contribution in [0.3, 0.4) is 0 Å². The second kappa shape index (κ2) is 5.39. The van der Waals surface area contributed by atoms with Crippen LogP contribution in [0.4, 0.5) is 5.69 Å². The van der Waals surface area contributed by atoms with Crippen LogP contribution < -0.4 is 10.5 Å². The van der Waals surface area contributed by atoms with Gasteiger partial charge in [-0.05, 0) is 19.1 Å². The number of sulfonamides is 1. The van der Waals surface area contributed by atoms with Crippen molar-refractivity contribution in [3.05, 3.63) is 35.4 Å². The summed E-state index contributed by atoms with van der Waals surface area (Å²) in [6.45, 7) is 1.66. The third kappa shape index (κ3) is 2.77. The van der Waals surface area contributed by atoms with Crippen LogP contribution in [-0.2, 0) is 17.1 Å². The van der Waals surface area contributed by atoms with Gasteiger partial charge < -0.3 is 10.3 Å². The largest absolute Gasteiger partial charge is 0.398 e. The Bertz CT molecular complexity index is 708. The smallest absolute Gasteiger partial charge is 0.244 e. The number of hydrogen-bond donors (Lipinski definition) is 2. The molecule has 0 spiro atoms. The summed E-state index contributed by atoms with van der Waals surface area (Å²) < 4.78 is 28.8. The summed E-state index contributed by atoms with van der Waals surface area (Å²) in [6.07, 6.45) is 1.49. The molecule has 1 aromatic carbocycles. The van der Waals surface area contributed by atoms with Crippen molar-refractivity contribution in [2.75, 3.05) is 5.73 Å². The summed E-state index contributed by atoms with van der Waals surface area (Å²) in [5.41, 5.74) is 5.79. The molecule has 0 saturated heterocycles. The lowest BCUT2D eigenvalue weighted by atomic mass is 10.3. The van der Waals surface area contributed by atoms with E-state index >= 15 is 0 Å². The molecule has 1 unspecified atom stereocenters. The zero-order valence-corrected chi connectivity index (χ0v) is 12.5. The van der Waals surface area contributed by atoms with Crippen LogP contribution in [0.25, 0.3) is 0 Å². The number of rotatable bonds is 4. The standard InChI is InChI=1S/C11H14ClN5O2S/c1-7(11-15-14-6-17(11)2)16-20(18,19)10-8(12)4-3-5-9(10)13/h3-7,16H,13H2,1-2H3. The highest BCUT2D eigenvalue weighted by Gasteiger charge is 2.25. The molecule has 1 atom stereocenters. The number of aromatic nitrogens is 3. The topological polar surface area (TPSA) is 103 Å². The third-order valence-electron chi connectivity index (χ3n) is 2.73. The van der Waals surface area contributed by atoms with Crippen molar-refractivity contribution in [3.63, 3.8) is 0 Å². The number of nitrogen functional groups attached to an aromatic ring is 1. The van der Waals surface area contributed by atoms with Crippen LogP contribution in [0.15, 0.2) is 29.4 Å². The number of nitrogens with one attached hydrogen (secondary N) is 1. The average Bonchev–Trinajstić information content (AvgIpc) is 2.74. The summed E-state index contributed by atoms with van der Waals surface area (Å²) in [7, 11) is -2.13. The molecule has 0 bridgehead atoms. The Hall–Kier alpha value is -1.64. The predicted molar refractivity (Wildman–Crippen MR) is 75.6 cm³/mol. The van der Waals surface area contributed by atoms with E-state index in [0.29, 0.717) is 5.82 Å². The van der Waals surface area contributed by atoms with E-state index in [0.717, 1.165) is 0 Å². The predicted octanol–water partition coefficient (Wildman–Crippen LogP) is 1.09. The summed E-state index contributed by atoms with van der Waals surface area (Å²) in [5, 5.41) is 7.64. The Morgan fingerprint density at radius 1 is 1.45 bits per heavy atom.